The first-order valence-corrected chi connectivity index (χ1v) is 9.07. The van der Waals surface area contributed by atoms with E-state index in [2.05, 4.69) is 26.1 Å². The Morgan fingerprint density at radius 2 is 1.76 bits per heavy atom. The summed E-state index contributed by atoms with van der Waals surface area (Å²) in [4.78, 5) is 26.4. The van der Waals surface area contributed by atoms with Gasteiger partial charge in [-0.25, -0.2) is 0 Å². The molecular formula is C20H30N2O3. The van der Waals surface area contributed by atoms with E-state index in [-0.39, 0.29) is 42.2 Å². The summed E-state index contributed by atoms with van der Waals surface area (Å²) >= 11 is 0. The molecule has 1 aliphatic heterocycles. The molecule has 1 heterocycles. The second-order valence-corrected chi connectivity index (χ2v) is 7.89. The van der Waals surface area contributed by atoms with Gasteiger partial charge in [0, 0.05) is 25.9 Å². The Morgan fingerprint density at radius 1 is 1.16 bits per heavy atom. The van der Waals surface area contributed by atoms with Crippen LogP contribution in [0.4, 0.5) is 0 Å². The van der Waals surface area contributed by atoms with E-state index in [1.165, 1.54) is 0 Å². The molecule has 1 fully saturated rings. The molecule has 138 valence electrons. The van der Waals surface area contributed by atoms with Crippen LogP contribution in [0.3, 0.4) is 0 Å². The van der Waals surface area contributed by atoms with E-state index in [1.54, 1.807) is 4.90 Å². The number of carbonyl (C=O) groups excluding carboxylic acids is 2. The number of hydrogen-bond acceptors (Lipinski definition) is 3. The zero-order valence-electron chi connectivity index (χ0n) is 15.5. The maximum absolute atomic E-state index is 12.4. The molecule has 1 atom stereocenters. The highest BCUT2D eigenvalue weighted by Gasteiger charge is 2.28. The third-order valence-corrected chi connectivity index (χ3v) is 4.69. The van der Waals surface area contributed by atoms with Crippen molar-refractivity contribution in [2.24, 2.45) is 5.41 Å². The second-order valence-electron chi connectivity index (χ2n) is 7.89. The minimum atomic E-state index is -0.300. The van der Waals surface area contributed by atoms with Crippen molar-refractivity contribution in [2.75, 3.05) is 13.1 Å². The zero-order chi connectivity index (χ0) is 18.4. The van der Waals surface area contributed by atoms with Crippen molar-refractivity contribution >= 4 is 11.8 Å². The van der Waals surface area contributed by atoms with Crippen LogP contribution >= 0.6 is 0 Å². The number of likely N-dealkylation sites (tertiary alicyclic amines) is 1. The summed E-state index contributed by atoms with van der Waals surface area (Å²) in [6.07, 6.45) is 1.35. The first-order valence-electron chi connectivity index (χ1n) is 9.07. The van der Waals surface area contributed by atoms with Gasteiger partial charge >= 0.3 is 0 Å². The molecule has 1 aliphatic rings. The number of nitrogens with one attached hydrogen (secondary N) is 1. The van der Waals surface area contributed by atoms with Crippen molar-refractivity contribution < 1.29 is 14.7 Å². The van der Waals surface area contributed by atoms with Crippen LogP contribution in [0.15, 0.2) is 30.3 Å². The summed E-state index contributed by atoms with van der Waals surface area (Å²) in [6, 6.07) is 9.82. The summed E-state index contributed by atoms with van der Waals surface area (Å²) in [5.41, 5.74) is 0.948. The van der Waals surface area contributed by atoms with Gasteiger partial charge in [-0.15, -0.1) is 0 Å². The molecule has 1 aromatic rings. The van der Waals surface area contributed by atoms with Gasteiger partial charge in [0.15, 0.2) is 0 Å². The number of aliphatic hydroxyl groups is 1. The Balaban J connectivity index is 1.88. The number of piperidine rings is 1. The molecule has 0 saturated carbocycles. The van der Waals surface area contributed by atoms with Gasteiger partial charge in [-0.1, -0.05) is 51.1 Å². The minimum Gasteiger partial charge on any atom is -0.393 e. The fourth-order valence-corrected chi connectivity index (χ4v) is 3.17. The summed E-state index contributed by atoms with van der Waals surface area (Å²) in [5.74, 6) is -0.108. The molecule has 0 radical (unpaired) electrons. The fraction of sp³-hybridized carbons (Fsp3) is 0.600. The van der Waals surface area contributed by atoms with E-state index in [9.17, 15) is 14.7 Å². The van der Waals surface area contributed by atoms with E-state index in [1.807, 2.05) is 30.3 Å². The van der Waals surface area contributed by atoms with Crippen LogP contribution in [0.1, 0.15) is 58.1 Å². The third-order valence-electron chi connectivity index (χ3n) is 4.69. The van der Waals surface area contributed by atoms with Gasteiger partial charge in [0.05, 0.1) is 12.1 Å². The van der Waals surface area contributed by atoms with Crippen LogP contribution in [0.5, 0.6) is 0 Å². The quantitative estimate of drug-likeness (QED) is 0.861. The molecular weight excluding hydrogens is 316 g/mol. The number of nitrogens with zero attached hydrogens (tertiary/aromatic N) is 1. The number of amides is 2. The van der Waals surface area contributed by atoms with Crippen LogP contribution in [0.2, 0.25) is 0 Å². The van der Waals surface area contributed by atoms with E-state index in [4.69, 9.17) is 0 Å². The van der Waals surface area contributed by atoms with Gasteiger partial charge in [-0.2, -0.15) is 0 Å². The average Bonchev–Trinajstić information content (AvgIpc) is 2.58. The summed E-state index contributed by atoms with van der Waals surface area (Å²) in [6.45, 7) is 7.44. The molecule has 0 bridgehead atoms. The third kappa shape index (κ3) is 5.85. The lowest BCUT2D eigenvalue weighted by Gasteiger charge is -2.32. The maximum Gasteiger partial charge on any atom is 0.223 e. The lowest BCUT2D eigenvalue weighted by atomic mass is 9.82. The number of aliphatic hydroxyl groups excluding tert-OH is 1. The molecule has 0 aliphatic carbocycles. The topological polar surface area (TPSA) is 69.6 Å². The van der Waals surface area contributed by atoms with Crippen LogP contribution in [-0.2, 0) is 9.59 Å². The fourth-order valence-electron chi connectivity index (χ4n) is 3.17. The first-order chi connectivity index (χ1) is 11.8. The Labute approximate surface area is 150 Å². The molecule has 2 N–H and O–H groups in total. The molecule has 0 aromatic heterocycles. The number of benzene rings is 1. The molecule has 2 rings (SSSR count). The lowest BCUT2D eigenvalue weighted by Crippen LogP contribution is -2.41. The average molecular weight is 346 g/mol. The lowest BCUT2D eigenvalue weighted by molar-refractivity contribution is -0.135. The Kier molecular flexibility index (Phi) is 6.59. The normalized spacial score (nSPS) is 17.2. The molecule has 2 amide bonds. The second kappa shape index (κ2) is 8.48. The first kappa shape index (κ1) is 19.4. The number of carbonyl (C=O) groups is 2. The van der Waals surface area contributed by atoms with Crippen LogP contribution in [-0.4, -0.2) is 41.0 Å². The SMILES string of the molecule is CC(C)(C)C(NC(=O)CCC(=O)N1CCC(O)CC1)c1ccccc1. The molecule has 1 aromatic carbocycles. The number of rotatable bonds is 5. The highest BCUT2D eigenvalue weighted by atomic mass is 16.3. The standard InChI is InChI=1S/C20H30N2O3/c1-20(2,3)19(15-7-5-4-6-8-15)21-17(24)9-10-18(25)22-13-11-16(23)12-14-22/h4-8,16,19,23H,9-14H2,1-3H3,(H,21,24). The van der Waals surface area contributed by atoms with E-state index in [0.717, 1.165) is 5.56 Å². The zero-order valence-corrected chi connectivity index (χ0v) is 15.5. The van der Waals surface area contributed by atoms with Crippen molar-refractivity contribution in [3.05, 3.63) is 35.9 Å². The Hall–Kier alpha value is -1.88. The summed E-state index contributed by atoms with van der Waals surface area (Å²) < 4.78 is 0. The van der Waals surface area contributed by atoms with E-state index >= 15 is 0 Å². The molecule has 25 heavy (non-hydrogen) atoms. The number of hydrogen-bond donors (Lipinski definition) is 2. The Bertz CT molecular complexity index is 572. The highest BCUT2D eigenvalue weighted by molar-refractivity contribution is 5.84. The van der Waals surface area contributed by atoms with Crippen LogP contribution < -0.4 is 5.32 Å². The molecule has 0 spiro atoms. The smallest absolute Gasteiger partial charge is 0.223 e. The van der Waals surface area contributed by atoms with Gasteiger partial charge in [-0.3, -0.25) is 9.59 Å². The molecule has 5 heteroatoms. The summed E-state index contributed by atoms with van der Waals surface area (Å²) in [5, 5.41) is 12.6. The monoisotopic (exact) mass is 346 g/mol. The molecule has 5 nitrogen and oxygen atoms in total. The van der Waals surface area contributed by atoms with Crippen LogP contribution in [0, 0.1) is 5.41 Å². The highest BCUT2D eigenvalue weighted by Crippen LogP contribution is 2.32. The predicted molar refractivity (Wildman–Crippen MR) is 97.8 cm³/mol. The van der Waals surface area contributed by atoms with Crippen molar-refractivity contribution in [1.29, 1.82) is 0 Å². The van der Waals surface area contributed by atoms with E-state index < -0.39 is 0 Å². The maximum atomic E-state index is 12.4. The molecule has 1 saturated heterocycles. The van der Waals surface area contributed by atoms with Crippen LogP contribution in [0.25, 0.3) is 0 Å². The van der Waals surface area contributed by atoms with Gasteiger partial charge in [0.25, 0.3) is 0 Å². The van der Waals surface area contributed by atoms with Crippen molar-refractivity contribution in [1.82, 2.24) is 10.2 Å². The van der Waals surface area contributed by atoms with Crippen molar-refractivity contribution in [3.63, 3.8) is 0 Å². The van der Waals surface area contributed by atoms with Crippen molar-refractivity contribution in [2.45, 2.75) is 58.6 Å². The van der Waals surface area contributed by atoms with Gasteiger partial charge in [-0.05, 0) is 23.8 Å². The largest absolute Gasteiger partial charge is 0.393 e. The van der Waals surface area contributed by atoms with E-state index in [0.29, 0.717) is 25.9 Å². The van der Waals surface area contributed by atoms with Gasteiger partial charge < -0.3 is 15.3 Å². The Morgan fingerprint density at radius 3 is 2.32 bits per heavy atom. The minimum absolute atomic E-state index is 0.00549. The molecule has 1 unspecified atom stereocenters. The summed E-state index contributed by atoms with van der Waals surface area (Å²) in [7, 11) is 0. The predicted octanol–water partition coefficient (Wildman–Crippen LogP) is 2.65. The van der Waals surface area contributed by atoms with Gasteiger partial charge in [0.1, 0.15) is 0 Å². The van der Waals surface area contributed by atoms with Gasteiger partial charge in [0.2, 0.25) is 11.8 Å². The van der Waals surface area contributed by atoms with Crippen molar-refractivity contribution in [3.8, 4) is 0 Å².